The lowest BCUT2D eigenvalue weighted by Crippen LogP contribution is -2.30. The first-order valence-corrected chi connectivity index (χ1v) is 6.27. The van der Waals surface area contributed by atoms with Crippen LogP contribution in [0.4, 0.5) is 17.3 Å². The fraction of sp³-hybridized carbons (Fsp3) is 0.583. The van der Waals surface area contributed by atoms with Gasteiger partial charge in [0, 0.05) is 26.8 Å². The van der Waals surface area contributed by atoms with Crippen LogP contribution in [0.5, 0.6) is 0 Å². The third kappa shape index (κ3) is 3.54. The molecule has 0 bridgehead atoms. The van der Waals surface area contributed by atoms with Crippen LogP contribution in [0.3, 0.4) is 0 Å². The van der Waals surface area contributed by atoms with Crippen LogP contribution in [0.2, 0.25) is 0 Å². The van der Waals surface area contributed by atoms with Crippen LogP contribution < -0.4 is 10.6 Å². The Hall–Kier alpha value is -1.89. The van der Waals surface area contributed by atoms with Crippen molar-refractivity contribution in [2.24, 2.45) is 5.92 Å². The maximum absolute atomic E-state index is 10.8. The number of nitrogen functional groups attached to an aromatic ring is 1. The van der Waals surface area contributed by atoms with Gasteiger partial charge in [0.2, 0.25) is 0 Å². The van der Waals surface area contributed by atoms with Gasteiger partial charge in [-0.15, -0.1) is 0 Å². The molecule has 0 amide bonds. The maximum Gasteiger partial charge on any atom is 0.276 e. The van der Waals surface area contributed by atoms with Gasteiger partial charge in [0.25, 0.3) is 5.69 Å². The van der Waals surface area contributed by atoms with Gasteiger partial charge in [-0.25, -0.2) is 4.98 Å². The van der Waals surface area contributed by atoms with Gasteiger partial charge in [0.15, 0.2) is 0 Å². The first-order chi connectivity index (χ1) is 9.06. The van der Waals surface area contributed by atoms with Crippen molar-refractivity contribution in [1.82, 2.24) is 4.98 Å². The number of hydrogen-bond donors (Lipinski definition) is 1. The van der Waals surface area contributed by atoms with Gasteiger partial charge in [-0.1, -0.05) is 0 Å². The molecule has 19 heavy (non-hydrogen) atoms. The van der Waals surface area contributed by atoms with E-state index in [4.69, 9.17) is 10.5 Å². The van der Waals surface area contributed by atoms with Crippen LogP contribution in [0, 0.1) is 16.0 Å². The van der Waals surface area contributed by atoms with Crippen LogP contribution in [-0.4, -0.2) is 36.7 Å². The largest absolute Gasteiger partial charge is 0.383 e. The van der Waals surface area contributed by atoms with Gasteiger partial charge in [-0.2, -0.15) is 0 Å². The topological polar surface area (TPSA) is 94.5 Å². The van der Waals surface area contributed by atoms with Crippen LogP contribution in [0.1, 0.15) is 12.8 Å². The molecule has 104 valence electrons. The number of aromatic nitrogens is 1. The normalized spacial score (nSPS) is 16.3. The summed E-state index contributed by atoms with van der Waals surface area (Å²) in [5.74, 6) is 1.24. The number of nitrogens with zero attached hydrogens (tertiary/aromatic N) is 3. The lowest BCUT2D eigenvalue weighted by Gasteiger charge is -2.27. The molecule has 1 aliphatic heterocycles. The average molecular weight is 266 g/mol. The van der Waals surface area contributed by atoms with E-state index >= 15 is 0 Å². The molecule has 1 fully saturated rings. The second-order valence-electron chi connectivity index (χ2n) is 4.80. The van der Waals surface area contributed by atoms with Crippen molar-refractivity contribution in [2.45, 2.75) is 12.8 Å². The van der Waals surface area contributed by atoms with Crippen molar-refractivity contribution in [3.05, 3.63) is 22.2 Å². The summed E-state index contributed by atoms with van der Waals surface area (Å²) >= 11 is 0. The minimum absolute atomic E-state index is 0.0265. The summed E-state index contributed by atoms with van der Waals surface area (Å²) in [6.45, 7) is 2.36. The van der Waals surface area contributed by atoms with Crippen molar-refractivity contribution >= 4 is 17.3 Å². The number of anilines is 2. The second kappa shape index (κ2) is 5.83. The zero-order valence-electron chi connectivity index (χ0n) is 10.9. The predicted octanol–water partition coefficient (Wildman–Crippen LogP) is 1.43. The van der Waals surface area contributed by atoms with Gasteiger partial charge in [-0.05, 0) is 18.8 Å². The molecule has 0 atom stereocenters. The minimum Gasteiger partial charge on any atom is -0.383 e. The highest BCUT2D eigenvalue weighted by molar-refractivity contribution is 5.53. The van der Waals surface area contributed by atoms with E-state index in [1.165, 1.54) is 12.1 Å². The summed E-state index contributed by atoms with van der Waals surface area (Å²) in [6.07, 6.45) is 2.02. The summed E-state index contributed by atoms with van der Waals surface area (Å²) in [5.41, 5.74) is 5.58. The molecule has 0 spiro atoms. The SMILES string of the molecule is CN(CC1CCOCC1)c1cc([N+](=O)[O-])cc(N)n1. The fourth-order valence-electron chi connectivity index (χ4n) is 2.23. The molecule has 2 N–H and O–H groups in total. The number of ether oxygens (including phenoxy) is 1. The second-order valence-corrected chi connectivity index (χ2v) is 4.80. The quantitative estimate of drug-likeness (QED) is 0.654. The highest BCUT2D eigenvalue weighted by Gasteiger charge is 2.18. The van der Waals surface area contributed by atoms with Crippen LogP contribution in [-0.2, 0) is 4.74 Å². The lowest BCUT2D eigenvalue weighted by molar-refractivity contribution is -0.384. The van der Waals surface area contributed by atoms with Gasteiger partial charge in [0.1, 0.15) is 11.6 Å². The summed E-state index contributed by atoms with van der Waals surface area (Å²) < 4.78 is 5.31. The Labute approximate surface area is 111 Å². The van der Waals surface area contributed by atoms with Crippen LogP contribution in [0.25, 0.3) is 0 Å². The zero-order chi connectivity index (χ0) is 13.8. The third-order valence-electron chi connectivity index (χ3n) is 3.29. The number of pyridine rings is 1. The first kappa shape index (κ1) is 13.5. The number of nitro groups is 1. The van der Waals surface area contributed by atoms with Gasteiger partial charge in [-0.3, -0.25) is 10.1 Å². The number of rotatable bonds is 4. The van der Waals surface area contributed by atoms with E-state index in [1.54, 1.807) is 0 Å². The Morgan fingerprint density at radius 3 is 2.84 bits per heavy atom. The van der Waals surface area contributed by atoms with Crippen molar-refractivity contribution in [2.75, 3.05) is 37.4 Å². The molecule has 0 aromatic carbocycles. The summed E-state index contributed by atoms with van der Waals surface area (Å²) in [4.78, 5) is 16.4. The Morgan fingerprint density at radius 1 is 1.53 bits per heavy atom. The first-order valence-electron chi connectivity index (χ1n) is 6.27. The molecule has 7 nitrogen and oxygen atoms in total. The average Bonchev–Trinajstić information content (AvgIpc) is 2.39. The molecule has 0 aliphatic carbocycles. The molecule has 7 heteroatoms. The van der Waals surface area contributed by atoms with Gasteiger partial charge >= 0.3 is 0 Å². The molecule has 1 aliphatic rings. The standard InChI is InChI=1S/C12H18N4O3/c1-15(8-9-2-4-19-5-3-9)12-7-10(16(17)18)6-11(13)14-12/h6-7,9H,2-5,8H2,1H3,(H2,13,14). The van der Waals surface area contributed by atoms with Crippen molar-refractivity contribution in [1.29, 1.82) is 0 Å². The molecule has 0 radical (unpaired) electrons. The highest BCUT2D eigenvalue weighted by atomic mass is 16.6. The number of nitrogens with two attached hydrogens (primary N) is 1. The van der Waals surface area contributed by atoms with Crippen molar-refractivity contribution in [3.8, 4) is 0 Å². The van der Waals surface area contributed by atoms with E-state index in [-0.39, 0.29) is 11.5 Å². The van der Waals surface area contributed by atoms with E-state index in [0.717, 1.165) is 32.6 Å². The number of hydrogen-bond acceptors (Lipinski definition) is 6. The van der Waals surface area contributed by atoms with Gasteiger partial charge < -0.3 is 15.4 Å². The zero-order valence-corrected chi connectivity index (χ0v) is 10.9. The summed E-state index contributed by atoms with van der Waals surface area (Å²) in [5, 5.41) is 10.8. The molecular weight excluding hydrogens is 248 g/mol. The molecule has 1 saturated heterocycles. The van der Waals surface area contributed by atoms with Crippen molar-refractivity contribution in [3.63, 3.8) is 0 Å². The molecule has 2 rings (SSSR count). The highest BCUT2D eigenvalue weighted by Crippen LogP contribution is 2.23. The summed E-state index contributed by atoms with van der Waals surface area (Å²) in [7, 11) is 1.88. The van der Waals surface area contributed by atoms with E-state index in [0.29, 0.717) is 11.7 Å². The third-order valence-corrected chi connectivity index (χ3v) is 3.29. The van der Waals surface area contributed by atoms with E-state index < -0.39 is 4.92 Å². The van der Waals surface area contributed by atoms with Crippen molar-refractivity contribution < 1.29 is 9.66 Å². The molecule has 1 aromatic rings. The Kier molecular flexibility index (Phi) is 4.16. The Bertz CT molecular complexity index is 460. The molecular formula is C12H18N4O3. The van der Waals surface area contributed by atoms with E-state index in [2.05, 4.69) is 4.98 Å². The minimum atomic E-state index is -0.455. The Morgan fingerprint density at radius 2 is 2.21 bits per heavy atom. The fourth-order valence-corrected chi connectivity index (χ4v) is 2.23. The lowest BCUT2D eigenvalue weighted by atomic mass is 10.00. The van der Waals surface area contributed by atoms with Gasteiger partial charge in [0.05, 0.1) is 17.1 Å². The maximum atomic E-state index is 10.8. The van der Waals surface area contributed by atoms with E-state index in [9.17, 15) is 10.1 Å². The van der Waals surface area contributed by atoms with Crippen LogP contribution >= 0.6 is 0 Å². The Balaban J connectivity index is 2.09. The van der Waals surface area contributed by atoms with E-state index in [1.807, 2.05) is 11.9 Å². The predicted molar refractivity (Wildman–Crippen MR) is 72.1 cm³/mol. The molecule has 0 saturated carbocycles. The molecule has 0 unspecified atom stereocenters. The smallest absolute Gasteiger partial charge is 0.276 e. The monoisotopic (exact) mass is 266 g/mol. The molecule has 1 aromatic heterocycles. The van der Waals surface area contributed by atoms with Crippen LogP contribution in [0.15, 0.2) is 12.1 Å². The summed E-state index contributed by atoms with van der Waals surface area (Å²) in [6, 6.07) is 2.72. The molecule has 2 heterocycles.